The summed E-state index contributed by atoms with van der Waals surface area (Å²) in [7, 11) is 0. The molecule has 0 aliphatic carbocycles. The Hall–Kier alpha value is -1.94. The van der Waals surface area contributed by atoms with Gasteiger partial charge in [0.15, 0.2) is 0 Å². The highest BCUT2D eigenvalue weighted by Crippen LogP contribution is 2.21. The number of aromatic amines is 1. The monoisotopic (exact) mass is 276 g/mol. The van der Waals surface area contributed by atoms with Crippen molar-refractivity contribution in [3.05, 3.63) is 51.8 Å². The Morgan fingerprint density at radius 1 is 1.26 bits per heavy atom. The molecule has 0 fully saturated rings. The highest BCUT2D eigenvalue weighted by Gasteiger charge is 2.10. The Kier molecular flexibility index (Phi) is 3.81. The molecule has 2 rings (SSSR count). The number of H-pyrrole nitrogens is 1. The van der Waals surface area contributed by atoms with E-state index < -0.39 is 10.8 Å². The summed E-state index contributed by atoms with van der Waals surface area (Å²) in [5.41, 5.74) is 1.86. The topological polar surface area (TPSA) is 62.8 Å². The third kappa shape index (κ3) is 2.90. The first kappa shape index (κ1) is 13.5. The number of nitrogens with zero attached hydrogens (tertiary/aromatic N) is 1. The largest absolute Gasteiger partial charge is 0.276 e. The molecule has 0 aliphatic heterocycles. The first-order valence-corrected chi connectivity index (χ1v) is 6.26. The molecule has 1 aromatic heterocycles. The van der Waals surface area contributed by atoms with Gasteiger partial charge >= 0.3 is 0 Å². The van der Waals surface area contributed by atoms with E-state index >= 15 is 0 Å². The van der Waals surface area contributed by atoms with Crippen LogP contribution in [0.5, 0.6) is 0 Å². The standard InChI is InChI=1S/C14H13ClN2O2/c1-8(2)9-3-5-10(6-4-9)12-7-11(13(15)18)14(19)17-16-12/h3-8H,1-2H3,(H,17,19). The normalized spacial score (nSPS) is 10.7. The fourth-order valence-corrected chi connectivity index (χ4v) is 1.88. The second kappa shape index (κ2) is 5.36. The molecule has 1 heterocycles. The van der Waals surface area contributed by atoms with Crippen LogP contribution in [0.25, 0.3) is 11.3 Å². The van der Waals surface area contributed by atoms with Crippen LogP contribution < -0.4 is 5.56 Å². The molecular formula is C14H13ClN2O2. The fourth-order valence-electron chi connectivity index (χ4n) is 1.74. The van der Waals surface area contributed by atoms with Crippen molar-refractivity contribution in [3.63, 3.8) is 0 Å². The Morgan fingerprint density at radius 2 is 1.89 bits per heavy atom. The summed E-state index contributed by atoms with van der Waals surface area (Å²) >= 11 is 5.35. The lowest BCUT2D eigenvalue weighted by molar-refractivity contribution is 0.108. The Balaban J connectivity index is 2.44. The molecule has 4 nitrogen and oxygen atoms in total. The average Bonchev–Trinajstić information content (AvgIpc) is 2.39. The van der Waals surface area contributed by atoms with Crippen molar-refractivity contribution in [2.75, 3.05) is 0 Å². The Bertz CT molecular complexity index is 660. The van der Waals surface area contributed by atoms with Gasteiger partial charge in [-0.05, 0) is 29.1 Å². The molecule has 1 N–H and O–H groups in total. The molecule has 0 saturated carbocycles. The minimum atomic E-state index is -0.788. The van der Waals surface area contributed by atoms with Gasteiger partial charge in [0, 0.05) is 5.56 Å². The lowest BCUT2D eigenvalue weighted by atomic mass is 10.0. The molecule has 0 radical (unpaired) electrons. The van der Waals surface area contributed by atoms with Crippen molar-refractivity contribution in [1.29, 1.82) is 0 Å². The summed E-state index contributed by atoms with van der Waals surface area (Å²) < 4.78 is 0. The minimum absolute atomic E-state index is 0.0976. The van der Waals surface area contributed by atoms with Crippen LogP contribution in [0.15, 0.2) is 35.1 Å². The van der Waals surface area contributed by atoms with E-state index in [9.17, 15) is 9.59 Å². The van der Waals surface area contributed by atoms with Gasteiger partial charge in [0.2, 0.25) is 0 Å². The molecule has 0 saturated heterocycles. The van der Waals surface area contributed by atoms with Crippen LogP contribution in [-0.4, -0.2) is 15.4 Å². The van der Waals surface area contributed by atoms with Gasteiger partial charge in [-0.1, -0.05) is 38.1 Å². The second-order valence-corrected chi connectivity index (χ2v) is 4.89. The molecule has 0 spiro atoms. The number of nitrogens with one attached hydrogen (secondary N) is 1. The van der Waals surface area contributed by atoms with Gasteiger partial charge in [-0.2, -0.15) is 5.10 Å². The van der Waals surface area contributed by atoms with Crippen molar-refractivity contribution in [2.24, 2.45) is 0 Å². The summed E-state index contributed by atoms with van der Waals surface area (Å²) in [6, 6.07) is 9.19. The van der Waals surface area contributed by atoms with Crippen LogP contribution >= 0.6 is 11.6 Å². The maximum absolute atomic E-state index is 11.4. The SMILES string of the molecule is CC(C)c1ccc(-c2cc(C(=O)Cl)c(=O)[nH]n2)cc1. The molecule has 0 bridgehead atoms. The van der Waals surface area contributed by atoms with Crippen molar-refractivity contribution in [2.45, 2.75) is 19.8 Å². The van der Waals surface area contributed by atoms with Crippen LogP contribution in [0.1, 0.15) is 35.7 Å². The molecule has 0 unspecified atom stereocenters. The molecule has 0 amide bonds. The number of hydrogen-bond donors (Lipinski definition) is 1. The van der Waals surface area contributed by atoms with Gasteiger partial charge in [-0.15, -0.1) is 0 Å². The lowest BCUT2D eigenvalue weighted by Crippen LogP contribution is -2.16. The van der Waals surface area contributed by atoms with Gasteiger partial charge in [0.1, 0.15) is 5.56 Å². The number of rotatable bonds is 3. The Morgan fingerprint density at radius 3 is 2.42 bits per heavy atom. The van der Waals surface area contributed by atoms with Gasteiger partial charge < -0.3 is 0 Å². The summed E-state index contributed by atoms with van der Waals surface area (Å²) in [6.07, 6.45) is 0. The highest BCUT2D eigenvalue weighted by molar-refractivity contribution is 6.67. The van der Waals surface area contributed by atoms with Crippen LogP contribution in [-0.2, 0) is 0 Å². The van der Waals surface area contributed by atoms with Gasteiger partial charge in [0.25, 0.3) is 10.8 Å². The van der Waals surface area contributed by atoms with Crippen LogP contribution in [0.3, 0.4) is 0 Å². The molecule has 0 aliphatic rings. The third-order valence-corrected chi connectivity index (χ3v) is 3.09. The van der Waals surface area contributed by atoms with Gasteiger partial charge in [-0.25, -0.2) is 5.10 Å². The number of benzene rings is 1. The van der Waals surface area contributed by atoms with Crippen LogP contribution in [0.2, 0.25) is 0 Å². The van der Waals surface area contributed by atoms with E-state index in [0.29, 0.717) is 11.6 Å². The number of aromatic nitrogens is 2. The zero-order chi connectivity index (χ0) is 14.0. The maximum atomic E-state index is 11.4. The minimum Gasteiger partial charge on any atom is -0.275 e. The number of halogens is 1. The molecule has 19 heavy (non-hydrogen) atoms. The first-order chi connectivity index (χ1) is 8.99. The Labute approximate surface area is 115 Å². The van der Waals surface area contributed by atoms with Crippen LogP contribution in [0.4, 0.5) is 0 Å². The summed E-state index contributed by atoms with van der Waals surface area (Å²) in [4.78, 5) is 22.5. The van der Waals surface area contributed by atoms with Crippen molar-refractivity contribution in [1.82, 2.24) is 10.2 Å². The zero-order valence-electron chi connectivity index (χ0n) is 10.6. The van der Waals surface area contributed by atoms with E-state index in [2.05, 4.69) is 24.0 Å². The van der Waals surface area contributed by atoms with E-state index in [0.717, 1.165) is 5.56 Å². The number of hydrogen-bond acceptors (Lipinski definition) is 3. The van der Waals surface area contributed by atoms with E-state index in [-0.39, 0.29) is 5.56 Å². The van der Waals surface area contributed by atoms with E-state index in [4.69, 9.17) is 11.6 Å². The van der Waals surface area contributed by atoms with Gasteiger partial charge in [-0.3, -0.25) is 9.59 Å². The summed E-state index contributed by atoms with van der Waals surface area (Å²) in [5, 5.41) is 5.40. The highest BCUT2D eigenvalue weighted by atomic mass is 35.5. The van der Waals surface area contributed by atoms with E-state index in [1.54, 1.807) is 0 Å². The third-order valence-electron chi connectivity index (χ3n) is 2.89. The van der Waals surface area contributed by atoms with Crippen molar-refractivity contribution >= 4 is 16.8 Å². The second-order valence-electron chi connectivity index (χ2n) is 4.55. The fraction of sp³-hybridized carbons (Fsp3) is 0.214. The molecule has 5 heteroatoms. The van der Waals surface area contributed by atoms with Gasteiger partial charge in [0.05, 0.1) is 5.69 Å². The van der Waals surface area contributed by atoms with E-state index in [1.807, 2.05) is 24.3 Å². The smallest absolute Gasteiger partial charge is 0.275 e. The summed E-state index contributed by atoms with van der Waals surface area (Å²) in [5.74, 6) is 0.442. The molecule has 1 aromatic carbocycles. The van der Waals surface area contributed by atoms with Crippen LogP contribution in [0, 0.1) is 0 Å². The predicted molar refractivity (Wildman–Crippen MR) is 74.6 cm³/mol. The predicted octanol–water partition coefficient (Wildman–Crippen LogP) is 2.94. The molecular weight excluding hydrogens is 264 g/mol. The summed E-state index contributed by atoms with van der Waals surface area (Å²) in [6.45, 7) is 4.22. The molecule has 0 atom stereocenters. The zero-order valence-corrected chi connectivity index (χ0v) is 11.4. The quantitative estimate of drug-likeness (QED) is 0.877. The number of carbonyl (C=O) groups excluding carboxylic acids is 1. The van der Waals surface area contributed by atoms with Crippen molar-refractivity contribution < 1.29 is 4.79 Å². The maximum Gasteiger partial charge on any atom is 0.276 e. The lowest BCUT2D eigenvalue weighted by Gasteiger charge is -2.06. The van der Waals surface area contributed by atoms with Crippen molar-refractivity contribution in [3.8, 4) is 11.3 Å². The molecule has 98 valence electrons. The average molecular weight is 277 g/mol. The first-order valence-electron chi connectivity index (χ1n) is 5.89. The van der Waals surface area contributed by atoms with E-state index in [1.165, 1.54) is 11.6 Å². The number of carbonyl (C=O) groups is 1. The molecule has 2 aromatic rings.